The highest BCUT2D eigenvalue weighted by Gasteiger charge is 2.46. The van der Waals surface area contributed by atoms with E-state index in [1.54, 1.807) is 0 Å². The first-order valence-electron chi connectivity index (χ1n) is 7.00. The van der Waals surface area contributed by atoms with Crippen molar-refractivity contribution < 1.29 is 4.74 Å². The molecule has 102 valence electrons. The van der Waals surface area contributed by atoms with Crippen LogP contribution in [0.1, 0.15) is 44.7 Å². The molecule has 3 rings (SSSR count). The molecule has 2 heterocycles. The Morgan fingerprint density at radius 1 is 1.47 bits per heavy atom. The minimum Gasteiger partial charge on any atom is -0.468 e. The van der Waals surface area contributed by atoms with Crippen LogP contribution in [-0.2, 0) is 0 Å². The molecule has 2 atom stereocenters. The Morgan fingerprint density at radius 3 is 3.05 bits per heavy atom. The largest absolute Gasteiger partial charge is 0.468 e. The zero-order chi connectivity index (χ0) is 13.5. The molecule has 0 amide bonds. The molecule has 0 aromatic heterocycles. The van der Waals surface area contributed by atoms with E-state index >= 15 is 0 Å². The number of hydrogen-bond donors (Lipinski definition) is 1. The monoisotopic (exact) mass is 276 g/mol. The fourth-order valence-corrected chi connectivity index (χ4v) is 3.45. The second-order valence-electron chi connectivity index (χ2n) is 5.53. The summed E-state index contributed by atoms with van der Waals surface area (Å²) in [5.41, 5.74) is 0.911. The summed E-state index contributed by atoms with van der Waals surface area (Å²) in [6.45, 7) is 5.30. The summed E-state index contributed by atoms with van der Waals surface area (Å²) >= 11 is 5.53. The second-order valence-corrected chi connectivity index (χ2v) is 5.91. The van der Waals surface area contributed by atoms with Crippen LogP contribution in [0.3, 0.4) is 0 Å². The first-order chi connectivity index (χ1) is 9.14. The Bertz CT molecular complexity index is 505. The molecule has 2 bridgehead atoms. The minimum atomic E-state index is -0.309. The van der Waals surface area contributed by atoms with E-state index in [4.69, 9.17) is 17.0 Å². The average Bonchev–Trinajstić information content (AvgIpc) is 2.37. The van der Waals surface area contributed by atoms with Gasteiger partial charge in [0.1, 0.15) is 5.75 Å². The van der Waals surface area contributed by atoms with Gasteiger partial charge in [0.25, 0.3) is 0 Å². The van der Waals surface area contributed by atoms with Crippen molar-refractivity contribution in [1.29, 1.82) is 0 Å². The standard InChI is InChI=1S/C15H20N2OS/c1-3-4-9-17-14(19)16-12-10-15(17,2)18-13-8-6-5-7-11(12)13/h5-8,12H,3-4,9-10H2,1-2H3,(H,16,19). The fraction of sp³-hybridized carbons (Fsp3) is 0.533. The summed E-state index contributed by atoms with van der Waals surface area (Å²) in [5.74, 6) is 0.984. The molecule has 2 aliphatic rings. The van der Waals surface area contributed by atoms with Crippen LogP contribution in [0.15, 0.2) is 24.3 Å². The molecule has 0 spiro atoms. The number of benzene rings is 1. The number of ether oxygens (including phenoxy) is 1. The number of unbranched alkanes of at least 4 members (excludes halogenated alkanes) is 1. The van der Waals surface area contributed by atoms with Gasteiger partial charge in [-0.15, -0.1) is 0 Å². The summed E-state index contributed by atoms with van der Waals surface area (Å²) in [5, 5.41) is 4.29. The lowest BCUT2D eigenvalue weighted by Crippen LogP contribution is -2.64. The Labute approximate surface area is 119 Å². The number of fused-ring (bicyclic) bond motifs is 4. The normalized spacial score (nSPS) is 28.4. The molecule has 1 fully saturated rings. The van der Waals surface area contributed by atoms with Gasteiger partial charge in [0.2, 0.25) is 0 Å². The molecule has 1 N–H and O–H groups in total. The third-order valence-corrected chi connectivity index (χ3v) is 4.39. The number of thiocarbonyl (C=S) groups is 1. The lowest BCUT2D eigenvalue weighted by atomic mass is 9.90. The Morgan fingerprint density at radius 2 is 2.26 bits per heavy atom. The van der Waals surface area contributed by atoms with Gasteiger partial charge in [-0.05, 0) is 31.6 Å². The van der Waals surface area contributed by atoms with Crippen LogP contribution in [0.2, 0.25) is 0 Å². The van der Waals surface area contributed by atoms with E-state index in [-0.39, 0.29) is 11.8 Å². The van der Waals surface area contributed by atoms with Crippen molar-refractivity contribution in [3.05, 3.63) is 29.8 Å². The quantitative estimate of drug-likeness (QED) is 0.857. The number of rotatable bonds is 3. The van der Waals surface area contributed by atoms with E-state index in [0.717, 1.165) is 36.7 Å². The average molecular weight is 276 g/mol. The number of nitrogens with one attached hydrogen (secondary N) is 1. The van der Waals surface area contributed by atoms with Crippen LogP contribution in [0.5, 0.6) is 5.75 Å². The van der Waals surface area contributed by atoms with Crippen LogP contribution in [0.25, 0.3) is 0 Å². The molecule has 2 unspecified atom stereocenters. The van der Waals surface area contributed by atoms with Crippen LogP contribution in [-0.4, -0.2) is 22.3 Å². The van der Waals surface area contributed by atoms with Gasteiger partial charge in [-0.2, -0.15) is 0 Å². The predicted octanol–water partition coefficient (Wildman–Crippen LogP) is 3.22. The summed E-state index contributed by atoms with van der Waals surface area (Å²) in [6.07, 6.45) is 3.23. The van der Waals surface area contributed by atoms with E-state index in [1.807, 2.05) is 12.1 Å². The van der Waals surface area contributed by atoms with Crippen LogP contribution in [0.4, 0.5) is 0 Å². The Balaban J connectivity index is 1.94. The first-order valence-corrected chi connectivity index (χ1v) is 7.41. The van der Waals surface area contributed by atoms with Crippen molar-refractivity contribution >= 4 is 17.3 Å². The van der Waals surface area contributed by atoms with Gasteiger partial charge in [0, 0.05) is 18.5 Å². The molecular formula is C15H20N2OS. The van der Waals surface area contributed by atoms with Crippen molar-refractivity contribution in [2.75, 3.05) is 6.54 Å². The van der Waals surface area contributed by atoms with Crippen molar-refractivity contribution in [3.63, 3.8) is 0 Å². The van der Waals surface area contributed by atoms with Crippen LogP contribution in [0, 0.1) is 0 Å². The van der Waals surface area contributed by atoms with Crippen molar-refractivity contribution in [2.24, 2.45) is 0 Å². The maximum atomic E-state index is 6.27. The van der Waals surface area contributed by atoms with E-state index in [9.17, 15) is 0 Å². The molecule has 4 heteroatoms. The van der Waals surface area contributed by atoms with E-state index in [2.05, 4.69) is 36.2 Å². The van der Waals surface area contributed by atoms with Gasteiger partial charge in [-0.1, -0.05) is 31.5 Å². The number of hydrogen-bond acceptors (Lipinski definition) is 2. The van der Waals surface area contributed by atoms with Gasteiger partial charge < -0.3 is 15.0 Å². The molecule has 1 aromatic rings. The van der Waals surface area contributed by atoms with Crippen molar-refractivity contribution in [3.8, 4) is 5.75 Å². The summed E-state index contributed by atoms with van der Waals surface area (Å²) in [7, 11) is 0. The fourth-order valence-electron chi connectivity index (χ4n) is 3.02. The summed E-state index contributed by atoms with van der Waals surface area (Å²) in [4.78, 5) is 2.21. The topological polar surface area (TPSA) is 24.5 Å². The van der Waals surface area contributed by atoms with Crippen molar-refractivity contribution in [1.82, 2.24) is 10.2 Å². The molecule has 2 aliphatic heterocycles. The summed E-state index contributed by atoms with van der Waals surface area (Å²) in [6, 6.07) is 8.53. The highest BCUT2D eigenvalue weighted by molar-refractivity contribution is 7.80. The zero-order valence-corrected chi connectivity index (χ0v) is 12.3. The van der Waals surface area contributed by atoms with Crippen molar-refractivity contribution in [2.45, 2.75) is 44.9 Å². The maximum absolute atomic E-state index is 6.27. The lowest BCUT2D eigenvalue weighted by Gasteiger charge is -2.52. The van der Waals surface area contributed by atoms with E-state index < -0.39 is 0 Å². The van der Waals surface area contributed by atoms with Gasteiger partial charge >= 0.3 is 0 Å². The van der Waals surface area contributed by atoms with E-state index in [0.29, 0.717) is 0 Å². The van der Waals surface area contributed by atoms with E-state index in [1.165, 1.54) is 5.56 Å². The lowest BCUT2D eigenvalue weighted by molar-refractivity contribution is -0.0684. The summed E-state index contributed by atoms with van der Waals surface area (Å²) < 4.78 is 6.27. The molecule has 0 aliphatic carbocycles. The molecule has 0 radical (unpaired) electrons. The highest BCUT2D eigenvalue weighted by Crippen LogP contribution is 2.43. The number of para-hydroxylation sites is 1. The molecule has 1 saturated heterocycles. The minimum absolute atomic E-state index is 0.278. The molecule has 1 aromatic carbocycles. The third kappa shape index (κ3) is 2.08. The Hall–Kier alpha value is -1.29. The Kier molecular flexibility index (Phi) is 3.13. The third-order valence-electron chi connectivity index (χ3n) is 4.06. The first kappa shape index (κ1) is 12.7. The zero-order valence-electron chi connectivity index (χ0n) is 11.5. The molecule has 3 nitrogen and oxygen atoms in total. The number of nitrogens with zero attached hydrogens (tertiary/aromatic N) is 1. The van der Waals surface area contributed by atoms with Gasteiger partial charge in [-0.3, -0.25) is 0 Å². The van der Waals surface area contributed by atoms with Gasteiger partial charge in [0.05, 0.1) is 6.04 Å². The SMILES string of the molecule is CCCCN1C(=S)NC2CC1(C)Oc1ccccc12. The molecule has 19 heavy (non-hydrogen) atoms. The highest BCUT2D eigenvalue weighted by atomic mass is 32.1. The molecule has 0 saturated carbocycles. The molecular weight excluding hydrogens is 256 g/mol. The van der Waals surface area contributed by atoms with Crippen LogP contribution >= 0.6 is 12.2 Å². The predicted molar refractivity (Wildman–Crippen MR) is 80.2 cm³/mol. The second kappa shape index (κ2) is 4.67. The van der Waals surface area contributed by atoms with Crippen LogP contribution < -0.4 is 10.1 Å². The van der Waals surface area contributed by atoms with Gasteiger partial charge in [0.15, 0.2) is 10.8 Å². The smallest absolute Gasteiger partial charge is 0.184 e. The van der Waals surface area contributed by atoms with Gasteiger partial charge in [-0.25, -0.2) is 0 Å². The maximum Gasteiger partial charge on any atom is 0.184 e.